The van der Waals surface area contributed by atoms with Gasteiger partial charge in [0, 0.05) is 28.7 Å². The summed E-state index contributed by atoms with van der Waals surface area (Å²) in [7, 11) is 0. The molecule has 1 saturated carbocycles. The van der Waals surface area contributed by atoms with Crippen molar-refractivity contribution in [2.24, 2.45) is 5.92 Å². The minimum atomic E-state index is -0.751. The van der Waals surface area contributed by atoms with E-state index in [1.54, 1.807) is 23.9 Å². The normalized spacial score (nSPS) is 23.6. The Balaban J connectivity index is 1.64. The van der Waals surface area contributed by atoms with Crippen LogP contribution in [0.2, 0.25) is 0 Å². The molecule has 0 saturated heterocycles. The molecule has 0 atom stereocenters. The first kappa shape index (κ1) is 16.8. The van der Waals surface area contributed by atoms with Crippen LogP contribution in [0, 0.1) is 5.92 Å². The third-order valence-electron chi connectivity index (χ3n) is 4.51. The number of carbonyl (C=O) groups is 3. The Labute approximate surface area is 144 Å². The molecule has 0 radical (unpaired) electrons. The fourth-order valence-corrected chi connectivity index (χ4v) is 4.05. The minimum Gasteiger partial charge on any atom is -0.481 e. The van der Waals surface area contributed by atoms with Gasteiger partial charge in [0.1, 0.15) is 0 Å². The van der Waals surface area contributed by atoms with Gasteiger partial charge < -0.3 is 15.7 Å². The summed E-state index contributed by atoms with van der Waals surface area (Å²) in [5, 5.41) is 14.8. The highest BCUT2D eigenvalue weighted by Crippen LogP contribution is 2.31. The molecule has 1 aromatic rings. The zero-order chi connectivity index (χ0) is 17.1. The summed E-state index contributed by atoms with van der Waals surface area (Å²) in [5.74, 6) is -0.528. The van der Waals surface area contributed by atoms with Crippen molar-refractivity contribution in [1.82, 2.24) is 5.32 Å². The molecule has 1 aromatic carbocycles. The van der Waals surface area contributed by atoms with Gasteiger partial charge in [0.15, 0.2) is 0 Å². The first-order valence-corrected chi connectivity index (χ1v) is 9.12. The molecule has 7 heteroatoms. The van der Waals surface area contributed by atoms with Crippen molar-refractivity contribution in [3.8, 4) is 0 Å². The Morgan fingerprint density at radius 1 is 1.21 bits per heavy atom. The molecule has 6 nitrogen and oxygen atoms in total. The lowest BCUT2D eigenvalue weighted by molar-refractivity contribution is -0.142. The highest BCUT2D eigenvalue weighted by molar-refractivity contribution is 7.99. The Kier molecular flexibility index (Phi) is 5.08. The zero-order valence-corrected chi connectivity index (χ0v) is 14.0. The van der Waals surface area contributed by atoms with E-state index in [0.29, 0.717) is 43.4 Å². The molecule has 1 fully saturated rings. The Bertz CT molecular complexity index is 669. The van der Waals surface area contributed by atoms with E-state index in [1.807, 2.05) is 6.07 Å². The third kappa shape index (κ3) is 3.90. The summed E-state index contributed by atoms with van der Waals surface area (Å²) in [6.45, 7) is 0. The number of nitrogens with one attached hydrogen (secondary N) is 2. The SMILES string of the molecule is O=C1CCSc2ccc(C(=O)NC3CCC(C(=O)O)CC3)cc2N1. The molecular weight excluding hydrogens is 328 g/mol. The van der Waals surface area contributed by atoms with Gasteiger partial charge in [-0.15, -0.1) is 11.8 Å². The van der Waals surface area contributed by atoms with Crippen LogP contribution in [0.1, 0.15) is 42.5 Å². The number of aliphatic carboxylic acids is 1. The van der Waals surface area contributed by atoms with Crippen molar-refractivity contribution in [3.05, 3.63) is 23.8 Å². The fraction of sp³-hybridized carbons (Fsp3) is 0.471. The highest BCUT2D eigenvalue weighted by atomic mass is 32.2. The number of amides is 2. The topological polar surface area (TPSA) is 95.5 Å². The molecule has 0 bridgehead atoms. The fourth-order valence-electron chi connectivity index (χ4n) is 3.11. The molecule has 1 aliphatic carbocycles. The van der Waals surface area contributed by atoms with Crippen molar-refractivity contribution in [2.75, 3.05) is 11.1 Å². The molecule has 3 N–H and O–H groups in total. The number of anilines is 1. The van der Waals surface area contributed by atoms with Gasteiger partial charge in [-0.25, -0.2) is 0 Å². The van der Waals surface area contributed by atoms with Gasteiger partial charge in [0.2, 0.25) is 5.91 Å². The van der Waals surface area contributed by atoms with Gasteiger partial charge in [-0.3, -0.25) is 14.4 Å². The molecule has 0 aromatic heterocycles. The van der Waals surface area contributed by atoms with Gasteiger partial charge in [0.05, 0.1) is 11.6 Å². The second-order valence-corrected chi connectivity index (χ2v) is 7.35. The maximum absolute atomic E-state index is 12.4. The van der Waals surface area contributed by atoms with Crippen molar-refractivity contribution in [2.45, 2.75) is 43.0 Å². The molecule has 2 amide bonds. The highest BCUT2D eigenvalue weighted by Gasteiger charge is 2.27. The molecule has 128 valence electrons. The average molecular weight is 348 g/mol. The van der Waals surface area contributed by atoms with Crippen molar-refractivity contribution in [1.29, 1.82) is 0 Å². The maximum atomic E-state index is 12.4. The minimum absolute atomic E-state index is 0.0101. The number of thioether (sulfide) groups is 1. The van der Waals surface area contributed by atoms with Crippen LogP contribution < -0.4 is 10.6 Å². The number of hydrogen-bond acceptors (Lipinski definition) is 4. The smallest absolute Gasteiger partial charge is 0.306 e. The number of carbonyl (C=O) groups excluding carboxylic acids is 2. The van der Waals surface area contributed by atoms with Gasteiger partial charge in [0.25, 0.3) is 5.91 Å². The van der Waals surface area contributed by atoms with E-state index in [1.165, 1.54) is 0 Å². The van der Waals surface area contributed by atoms with Crippen LogP contribution in [0.5, 0.6) is 0 Å². The predicted octanol–water partition coefficient (Wildman–Crippen LogP) is 2.49. The van der Waals surface area contributed by atoms with E-state index < -0.39 is 5.97 Å². The quantitative estimate of drug-likeness (QED) is 0.780. The Morgan fingerprint density at radius 3 is 2.67 bits per heavy atom. The second kappa shape index (κ2) is 7.25. The van der Waals surface area contributed by atoms with E-state index in [0.717, 1.165) is 10.6 Å². The molecule has 0 spiro atoms. The van der Waals surface area contributed by atoms with E-state index in [2.05, 4.69) is 10.6 Å². The van der Waals surface area contributed by atoms with Crippen molar-refractivity contribution >= 4 is 35.2 Å². The number of carboxylic acid groups (broad SMARTS) is 1. The van der Waals surface area contributed by atoms with Crippen LogP contribution in [-0.2, 0) is 9.59 Å². The van der Waals surface area contributed by atoms with Crippen LogP contribution in [0.4, 0.5) is 5.69 Å². The number of carboxylic acids is 1. The average Bonchev–Trinajstić information content (AvgIpc) is 2.75. The summed E-state index contributed by atoms with van der Waals surface area (Å²) < 4.78 is 0. The van der Waals surface area contributed by atoms with Crippen LogP contribution in [0.3, 0.4) is 0 Å². The number of fused-ring (bicyclic) bond motifs is 1. The number of hydrogen-bond donors (Lipinski definition) is 3. The molecular formula is C17H20N2O4S. The standard InChI is InChI=1S/C17H20N2O4S/c20-15-7-8-24-14-6-3-11(9-13(14)19-15)16(21)18-12-4-1-10(2-5-12)17(22)23/h3,6,9-10,12H,1-2,4-5,7-8H2,(H,18,21)(H,19,20)(H,22,23). The van der Waals surface area contributed by atoms with Crippen molar-refractivity contribution in [3.63, 3.8) is 0 Å². The predicted molar refractivity (Wildman–Crippen MR) is 91.3 cm³/mol. The van der Waals surface area contributed by atoms with Crippen molar-refractivity contribution < 1.29 is 19.5 Å². The lowest BCUT2D eigenvalue weighted by atomic mass is 9.86. The molecule has 3 rings (SSSR count). The van der Waals surface area contributed by atoms with E-state index in [9.17, 15) is 14.4 Å². The summed E-state index contributed by atoms with van der Waals surface area (Å²) in [5.41, 5.74) is 1.20. The summed E-state index contributed by atoms with van der Waals surface area (Å²) in [6, 6.07) is 5.35. The van der Waals surface area contributed by atoms with E-state index in [-0.39, 0.29) is 23.8 Å². The zero-order valence-electron chi connectivity index (χ0n) is 13.2. The number of benzene rings is 1. The van der Waals surface area contributed by atoms with Crippen LogP contribution in [0.25, 0.3) is 0 Å². The number of rotatable bonds is 3. The van der Waals surface area contributed by atoms with Crippen LogP contribution in [-0.4, -0.2) is 34.7 Å². The lowest BCUT2D eigenvalue weighted by Gasteiger charge is -2.26. The monoisotopic (exact) mass is 348 g/mol. The first-order chi connectivity index (χ1) is 11.5. The summed E-state index contributed by atoms with van der Waals surface area (Å²) in [4.78, 5) is 36.0. The summed E-state index contributed by atoms with van der Waals surface area (Å²) >= 11 is 1.60. The van der Waals surface area contributed by atoms with E-state index >= 15 is 0 Å². The Morgan fingerprint density at radius 2 is 1.96 bits per heavy atom. The van der Waals surface area contributed by atoms with Gasteiger partial charge in [-0.05, 0) is 43.9 Å². The molecule has 0 unspecified atom stereocenters. The van der Waals surface area contributed by atoms with Gasteiger partial charge >= 0.3 is 5.97 Å². The molecule has 2 aliphatic rings. The first-order valence-electron chi connectivity index (χ1n) is 8.13. The second-order valence-electron chi connectivity index (χ2n) is 6.22. The third-order valence-corrected chi connectivity index (χ3v) is 5.59. The molecule has 1 aliphatic heterocycles. The van der Waals surface area contributed by atoms with E-state index in [4.69, 9.17) is 5.11 Å². The van der Waals surface area contributed by atoms with Crippen LogP contribution >= 0.6 is 11.8 Å². The Hall–Kier alpha value is -2.02. The van der Waals surface area contributed by atoms with Crippen LogP contribution in [0.15, 0.2) is 23.1 Å². The van der Waals surface area contributed by atoms with Gasteiger partial charge in [-0.2, -0.15) is 0 Å². The van der Waals surface area contributed by atoms with Gasteiger partial charge in [-0.1, -0.05) is 0 Å². The maximum Gasteiger partial charge on any atom is 0.306 e. The largest absolute Gasteiger partial charge is 0.481 e. The molecule has 1 heterocycles. The summed E-state index contributed by atoms with van der Waals surface area (Å²) in [6.07, 6.45) is 3.02. The lowest BCUT2D eigenvalue weighted by Crippen LogP contribution is -2.38. The molecule has 24 heavy (non-hydrogen) atoms.